The van der Waals surface area contributed by atoms with Crippen molar-refractivity contribution < 1.29 is 24.2 Å². The fraction of sp³-hybridized carbons (Fsp3) is 0.125. The molecule has 0 unspecified atom stereocenters. The van der Waals surface area contributed by atoms with Crippen LogP contribution in [0.3, 0.4) is 0 Å². The number of halogens is 2. The van der Waals surface area contributed by atoms with Gasteiger partial charge in [0.05, 0.1) is 10.0 Å². The maximum atomic E-state index is 12.5. The lowest BCUT2D eigenvalue weighted by Gasteiger charge is -2.27. The molecule has 10 heteroatoms. The lowest BCUT2D eigenvalue weighted by molar-refractivity contribution is -0.139. The summed E-state index contributed by atoms with van der Waals surface area (Å²) in [5, 5.41) is 11.1. The number of carbonyl (C=O) groups is 3. The second kappa shape index (κ2) is 8.31. The van der Waals surface area contributed by atoms with E-state index in [2.05, 4.69) is 11.9 Å². The summed E-state index contributed by atoms with van der Waals surface area (Å²) in [4.78, 5) is 36.3. The minimum atomic E-state index is -1.19. The number of aliphatic carboxylic acids is 1. The van der Waals surface area contributed by atoms with Crippen molar-refractivity contribution in [2.45, 2.75) is 0 Å². The summed E-state index contributed by atoms with van der Waals surface area (Å²) < 4.78 is 5.01. The normalized spacial score (nSPS) is 15.8. The highest BCUT2D eigenvalue weighted by Crippen LogP contribution is 2.35. The van der Waals surface area contributed by atoms with Crippen LogP contribution in [0.25, 0.3) is 6.08 Å². The number of nitrogens with one attached hydrogen (secondary N) is 1. The van der Waals surface area contributed by atoms with Crippen molar-refractivity contribution in [3.05, 3.63) is 46.0 Å². The van der Waals surface area contributed by atoms with Gasteiger partial charge in [-0.25, -0.2) is 4.79 Å². The third kappa shape index (κ3) is 4.40. The molecule has 1 aliphatic heterocycles. The van der Waals surface area contributed by atoms with E-state index in [9.17, 15) is 14.4 Å². The molecule has 1 aromatic carbocycles. The predicted molar refractivity (Wildman–Crippen MR) is 100 cm³/mol. The Morgan fingerprint density at radius 3 is 2.50 bits per heavy atom. The van der Waals surface area contributed by atoms with Crippen LogP contribution in [0.15, 0.2) is 30.4 Å². The van der Waals surface area contributed by atoms with Gasteiger partial charge in [0.2, 0.25) is 0 Å². The van der Waals surface area contributed by atoms with Gasteiger partial charge in [-0.1, -0.05) is 29.3 Å². The number of carbonyl (C=O) groups excluding carboxylic acids is 2. The van der Waals surface area contributed by atoms with Gasteiger partial charge in [-0.15, -0.1) is 6.58 Å². The number of thiocarbonyl (C=S) groups is 1. The molecule has 2 N–H and O–H groups in total. The molecular weight excluding hydrogens is 403 g/mol. The number of amides is 2. The number of hydrogen-bond donors (Lipinski definition) is 2. The molecule has 0 aromatic heterocycles. The molecule has 0 spiro atoms. The maximum Gasteiger partial charge on any atom is 0.341 e. The quantitative estimate of drug-likeness (QED) is 0.320. The van der Waals surface area contributed by atoms with Gasteiger partial charge >= 0.3 is 5.97 Å². The van der Waals surface area contributed by atoms with Gasteiger partial charge in [-0.3, -0.25) is 19.8 Å². The highest BCUT2D eigenvalue weighted by atomic mass is 35.5. The summed E-state index contributed by atoms with van der Waals surface area (Å²) in [6, 6.07) is 2.78. The van der Waals surface area contributed by atoms with E-state index in [0.717, 1.165) is 0 Å². The summed E-state index contributed by atoms with van der Waals surface area (Å²) >= 11 is 17.1. The van der Waals surface area contributed by atoms with Crippen LogP contribution in [-0.4, -0.2) is 46.1 Å². The van der Waals surface area contributed by atoms with Crippen molar-refractivity contribution in [3.63, 3.8) is 0 Å². The van der Waals surface area contributed by atoms with Crippen LogP contribution in [0.2, 0.25) is 10.0 Å². The van der Waals surface area contributed by atoms with Gasteiger partial charge in [-0.05, 0) is 36.0 Å². The van der Waals surface area contributed by atoms with Crippen molar-refractivity contribution in [2.75, 3.05) is 13.2 Å². The monoisotopic (exact) mass is 414 g/mol. The number of nitrogens with zero attached hydrogens (tertiary/aromatic N) is 1. The van der Waals surface area contributed by atoms with E-state index < -0.39 is 24.4 Å². The Bertz CT molecular complexity index is 830. The zero-order valence-electron chi connectivity index (χ0n) is 13.1. The van der Waals surface area contributed by atoms with Gasteiger partial charge in [0.15, 0.2) is 17.5 Å². The summed E-state index contributed by atoms with van der Waals surface area (Å²) in [6.45, 7) is 3.06. The molecule has 1 fully saturated rings. The van der Waals surface area contributed by atoms with Crippen molar-refractivity contribution >= 4 is 64.4 Å². The molecule has 7 nitrogen and oxygen atoms in total. The van der Waals surface area contributed by atoms with Crippen LogP contribution in [0.4, 0.5) is 0 Å². The van der Waals surface area contributed by atoms with Crippen LogP contribution in [-0.2, 0) is 14.4 Å². The number of benzene rings is 1. The van der Waals surface area contributed by atoms with E-state index in [4.69, 9.17) is 45.3 Å². The topological polar surface area (TPSA) is 95.9 Å². The number of carboxylic acids is 1. The van der Waals surface area contributed by atoms with Gasteiger partial charge in [0.25, 0.3) is 11.8 Å². The Balaban J connectivity index is 2.37. The van der Waals surface area contributed by atoms with Crippen molar-refractivity contribution in [1.82, 2.24) is 10.2 Å². The molecule has 0 atom stereocenters. The number of hydrogen-bond acceptors (Lipinski definition) is 5. The summed E-state index contributed by atoms with van der Waals surface area (Å²) in [5.74, 6) is -2.44. The van der Waals surface area contributed by atoms with Crippen LogP contribution < -0.4 is 10.1 Å². The van der Waals surface area contributed by atoms with E-state index in [0.29, 0.717) is 5.56 Å². The van der Waals surface area contributed by atoms with E-state index in [1.807, 2.05) is 0 Å². The zero-order chi connectivity index (χ0) is 19.4. The van der Waals surface area contributed by atoms with E-state index in [1.165, 1.54) is 29.2 Å². The van der Waals surface area contributed by atoms with Gasteiger partial charge in [0, 0.05) is 6.54 Å². The first-order valence-electron chi connectivity index (χ1n) is 7.08. The van der Waals surface area contributed by atoms with Crippen LogP contribution in [0.5, 0.6) is 5.75 Å². The molecular formula is C16H12Cl2N2O5S. The molecule has 1 aliphatic rings. The summed E-state index contributed by atoms with van der Waals surface area (Å²) in [7, 11) is 0. The zero-order valence-corrected chi connectivity index (χ0v) is 15.5. The molecule has 0 bridgehead atoms. The first-order valence-corrected chi connectivity index (χ1v) is 8.24. The van der Waals surface area contributed by atoms with Gasteiger partial charge in [0.1, 0.15) is 5.57 Å². The average molecular weight is 415 g/mol. The first-order chi connectivity index (χ1) is 12.2. The fourth-order valence-corrected chi connectivity index (χ4v) is 2.95. The molecule has 0 radical (unpaired) electrons. The SMILES string of the molecule is C=CCN1C(=O)/C(=C/c2cc(Cl)c(OCC(=O)O)c(Cl)c2)C(=O)NC1=S. The lowest BCUT2D eigenvalue weighted by atomic mass is 10.1. The molecule has 1 saturated heterocycles. The Labute approximate surface area is 163 Å². The number of carboxylic acid groups (broad SMARTS) is 1. The van der Waals surface area contributed by atoms with Crippen LogP contribution in [0, 0.1) is 0 Å². The Kier molecular flexibility index (Phi) is 6.36. The standard InChI is InChI=1S/C16H12Cl2N2O5S/c1-2-3-20-15(24)9(14(23)19-16(20)26)4-8-5-10(17)13(11(18)6-8)25-7-12(21)22/h2,4-6H,1,3,7H2,(H,21,22)(H,19,23,26)/b9-4+. The highest BCUT2D eigenvalue weighted by Gasteiger charge is 2.32. The predicted octanol–water partition coefficient (Wildman–Crippen LogP) is 2.27. The highest BCUT2D eigenvalue weighted by molar-refractivity contribution is 7.80. The molecule has 136 valence electrons. The first kappa shape index (κ1) is 19.9. The molecule has 1 aromatic rings. The minimum absolute atomic E-state index is 0.00762. The lowest BCUT2D eigenvalue weighted by Crippen LogP contribution is -2.53. The van der Waals surface area contributed by atoms with Crippen molar-refractivity contribution in [2.24, 2.45) is 0 Å². The largest absolute Gasteiger partial charge is 0.479 e. The van der Waals surface area contributed by atoms with E-state index in [-0.39, 0.29) is 33.0 Å². The van der Waals surface area contributed by atoms with Gasteiger partial charge < -0.3 is 9.84 Å². The smallest absolute Gasteiger partial charge is 0.341 e. The van der Waals surface area contributed by atoms with Crippen molar-refractivity contribution in [1.29, 1.82) is 0 Å². The number of rotatable bonds is 6. The van der Waals surface area contributed by atoms with Crippen LogP contribution >= 0.6 is 35.4 Å². The average Bonchev–Trinajstić information content (AvgIpc) is 2.54. The third-order valence-electron chi connectivity index (χ3n) is 3.17. The molecule has 2 amide bonds. The molecule has 2 rings (SSSR count). The second-order valence-corrected chi connectivity index (χ2v) is 6.22. The maximum absolute atomic E-state index is 12.5. The second-order valence-electron chi connectivity index (χ2n) is 5.02. The molecule has 26 heavy (non-hydrogen) atoms. The molecule has 0 saturated carbocycles. The summed E-state index contributed by atoms with van der Waals surface area (Å²) in [6.07, 6.45) is 2.77. The summed E-state index contributed by atoms with van der Waals surface area (Å²) in [5.41, 5.74) is 0.194. The third-order valence-corrected chi connectivity index (χ3v) is 4.05. The molecule has 1 heterocycles. The molecule has 0 aliphatic carbocycles. The Morgan fingerprint density at radius 1 is 1.35 bits per heavy atom. The fourth-order valence-electron chi connectivity index (χ4n) is 2.09. The minimum Gasteiger partial charge on any atom is -0.479 e. The number of ether oxygens (including phenoxy) is 1. The van der Waals surface area contributed by atoms with Gasteiger partial charge in [-0.2, -0.15) is 0 Å². The van der Waals surface area contributed by atoms with Crippen LogP contribution in [0.1, 0.15) is 5.56 Å². The Hall–Kier alpha value is -2.42. The Morgan fingerprint density at radius 2 is 1.96 bits per heavy atom. The van der Waals surface area contributed by atoms with E-state index >= 15 is 0 Å². The van der Waals surface area contributed by atoms with E-state index in [1.54, 1.807) is 0 Å². The van der Waals surface area contributed by atoms with Crippen molar-refractivity contribution in [3.8, 4) is 5.75 Å².